The number of rotatable bonds is 4. The van der Waals surface area contributed by atoms with Crippen LogP contribution in [0.5, 0.6) is 5.75 Å². The summed E-state index contributed by atoms with van der Waals surface area (Å²) in [6.07, 6.45) is 1.51. The van der Waals surface area contributed by atoms with Gasteiger partial charge in [-0.2, -0.15) is 11.8 Å². The second kappa shape index (κ2) is 5.52. The fourth-order valence-electron chi connectivity index (χ4n) is 2.16. The molecular formula is C13H18N2O2S. The molecule has 2 rings (SSSR count). The lowest BCUT2D eigenvalue weighted by Gasteiger charge is -2.36. The number of nitrogens with two attached hydrogens (primary N) is 1. The van der Waals surface area contributed by atoms with E-state index >= 15 is 0 Å². The lowest BCUT2D eigenvalue weighted by Crippen LogP contribution is -2.52. The maximum absolute atomic E-state index is 11.8. The van der Waals surface area contributed by atoms with Crippen molar-refractivity contribution in [3.63, 3.8) is 0 Å². The predicted molar refractivity (Wildman–Crippen MR) is 75.1 cm³/mol. The Labute approximate surface area is 111 Å². The van der Waals surface area contributed by atoms with Gasteiger partial charge >= 0.3 is 0 Å². The number of benzene rings is 1. The minimum absolute atomic E-state index is 0.284. The van der Waals surface area contributed by atoms with Gasteiger partial charge in [0, 0.05) is 0 Å². The fraction of sp³-hybridized carbons (Fsp3) is 0.462. The number of carbonyl (C=O) groups is 1. The first-order chi connectivity index (χ1) is 8.68. The standard InChI is InChI=1S/C13H18N2O2S/c1-17-11-5-3-2-4-10(11)15-13(12(14)16)6-8-18-9-7-13/h2-5,15H,6-9H2,1H3,(H2,14,16). The summed E-state index contributed by atoms with van der Waals surface area (Å²) in [5.74, 6) is 2.35. The first-order valence-corrected chi connectivity index (χ1v) is 7.12. The molecule has 0 spiro atoms. The Balaban J connectivity index is 2.26. The summed E-state index contributed by atoms with van der Waals surface area (Å²) in [5.41, 5.74) is 5.78. The number of methoxy groups -OCH3 is 1. The highest BCUT2D eigenvalue weighted by atomic mass is 32.2. The van der Waals surface area contributed by atoms with E-state index in [1.807, 2.05) is 36.0 Å². The van der Waals surface area contributed by atoms with Crippen molar-refractivity contribution in [1.82, 2.24) is 0 Å². The molecule has 98 valence electrons. The largest absolute Gasteiger partial charge is 0.495 e. The molecule has 0 bridgehead atoms. The summed E-state index contributed by atoms with van der Waals surface area (Å²) in [6.45, 7) is 0. The van der Waals surface area contributed by atoms with Gasteiger partial charge in [-0.3, -0.25) is 4.79 Å². The summed E-state index contributed by atoms with van der Waals surface area (Å²) in [5, 5.41) is 3.30. The van der Waals surface area contributed by atoms with Crippen molar-refractivity contribution in [3.05, 3.63) is 24.3 Å². The topological polar surface area (TPSA) is 64.3 Å². The Morgan fingerprint density at radius 2 is 2.06 bits per heavy atom. The molecular weight excluding hydrogens is 248 g/mol. The second-order valence-electron chi connectivity index (χ2n) is 4.38. The summed E-state index contributed by atoms with van der Waals surface area (Å²) in [7, 11) is 1.62. The zero-order chi connectivity index (χ0) is 13.0. The molecule has 0 atom stereocenters. The number of para-hydroxylation sites is 2. The lowest BCUT2D eigenvalue weighted by atomic mass is 9.91. The number of ether oxygens (including phenoxy) is 1. The smallest absolute Gasteiger partial charge is 0.243 e. The zero-order valence-electron chi connectivity index (χ0n) is 10.4. The number of hydrogen-bond acceptors (Lipinski definition) is 4. The predicted octanol–water partition coefficient (Wildman–Crippen LogP) is 1.86. The molecule has 1 fully saturated rings. The SMILES string of the molecule is COc1ccccc1NC1(C(N)=O)CCSCC1. The van der Waals surface area contributed by atoms with Crippen molar-refractivity contribution in [2.75, 3.05) is 23.9 Å². The van der Waals surface area contributed by atoms with Crippen LogP contribution < -0.4 is 15.8 Å². The zero-order valence-corrected chi connectivity index (χ0v) is 11.3. The van der Waals surface area contributed by atoms with Crippen molar-refractivity contribution in [2.45, 2.75) is 18.4 Å². The summed E-state index contributed by atoms with van der Waals surface area (Å²) >= 11 is 1.86. The highest BCUT2D eigenvalue weighted by Crippen LogP contribution is 2.33. The third-order valence-electron chi connectivity index (χ3n) is 3.30. The summed E-state index contributed by atoms with van der Waals surface area (Å²) in [6, 6.07) is 7.59. The average molecular weight is 266 g/mol. The van der Waals surface area contributed by atoms with Gasteiger partial charge in [-0.05, 0) is 36.5 Å². The van der Waals surface area contributed by atoms with Crippen LogP contribution in [0.3, 0.4) is 0 Å². The van der Waals surface area contributed by atoms with E-state index in [9.17, 15) is 4.79 Å². The van der Waals surface area contributed by atoms with E-state index in [0.717, 1.165) is 35.8 Å². The summed E-state index contributed by atoms with van der Waals surface area (Å²) < 4.78 is 5.29. The van der Waals surface area contributed by atoms with Gasteiger partial charge in [0.1, 0.15) is 11.3 Å². The molecule has 3 N–H and O–H groups in total. The Morgan fingerprint density at radius 3 is 2.67 bits per heavy atom. The van der Waals surface area contributed by atoms with Gasteiger partial charge in [0.2, 0.25) is 5.91 Å². The average Bonchev–Trinajstić information content (AvgIpc) is 2.40. The number of thioether (sulfide) groups is 1. The number of carbonyl (C=O) groups excluding carboxylic acids is 1. The normalized spacial score (nSPS) is 18.1. The Hall–Kier alpha value is -1.36. The van der Waals surface area contributed by atoms with Crippen molar-refractivity contribution in [1.29, 1.82) is 0 Å². The molecule has 1 heterocycles. The van der Waals surface area contributed by atoms with Gasteiger partial charge in [0.05, 0.1) is 12.8 Å². The first-order valence-electron chi connectivity index (χ1n) is 5.97. The molecule has 0 aliphatic carbocycles. The highest BCUT2D eigenvalue weighted by molar-refractivity contribution is 7.99. The Kier molecular flexibility index (Phi) is 4.01. The number of amides is 1. The number of primary amides is 1. The molecule has 1 amide bonds. The van der Waals surface area contributed by atoms with Crippen LogP contribution in [0.4, 0.5) is 5.69 Å². The van der Waals surface area contributed by atoms with E-state index in [2.05, 4.69) is 5.32 Å². The van der Waals surface area contributed by atoms with Gasteiger partial charge in [0.15, 0.2) is 0 Å². The van der Waals surface area contributed by atoms with E-state index in [-0.39, 0.29) is 5.91 Å². The molecule has 4 nitrogen and oxygen atoms in total. The quantitative estimate of drug-likeness (QED) is 0.873. The molecule has 0 unspecified atom stereocenters. The minimum Gasteiger partial charge on any atom is -0.495 e. The Morgan fingerprint density at radius 1 is 1.39 bits per heavy atom. The van der Waals surface area contributed by atoms with Crippen LogP contribution in [0.15, 0.2) is 24.3 Å². The second-order valence-corrected chi connectivity index (χ2v) is 5.61. The highest BCUT2D eigenvalue weighted by Gasteiger charge is 2.38. The minimum atomic E-state index is -0.639. The molecule has 1 aromatic rings. The van der Waals surface area contributed by atoms with Gasteiger partial charge in [-0.15, -0.1) is 0 Å². The first kappa shape index (κ1) is 13.1. The van der Waals surface area contributed by atoms with E-state index in [1.54, 1.807) is 7.11 Å². The van der Waals surface area contributed by atoms with E-state index in [4.69, 9.17) is 10.5 Å². The van der Waals surface area contributed by atoms with Gasteiger partial charge in [0.25, 0.3) is 0 Å². The van der Waals surface area contributed by atoms with E-state index in [1.165, 1.54) is 0 Å². The van der Waals surface area contributed by atoms with Crippen LogP contribution in [0.1, 0.15) is 12.8 Å². The number of nitrogens with one attached hydrogen (secondary N) is 1. The van der Waals surface area contributed by atoms with Crippen molar-refractivity contribution in [3.8, 4) is 5.75 Å². The molecule has 0 aromatic heterocycles. The molecule has 1 aliphatic rings. The van der Waals surface area contributed by atoms with Crippen LogP contribution in [0.25, 0.3) is 0 Å². The van der Waals surface area contributed by atoms with Crippen molar-refractivity contribution in [2.24, 2.45) is 5.73 Å². The molecule has 1 aliphatic heterocycles. The van der Waals surface area contributed by atoms with E-state index < -0.39 is 5.54 Å². The fourth-order valence-corrected chi connectivity index (χ4v) is 3.35. The monoisotopic (exact) mass is 266 g/mol. The third-order valence-corrected chi connectivity index (χ3v) is 4.28. The molecule has 1 saturated heterocycles. The Bertz CT molecular complexity index is 431. The molecule has 0 radical (unpaired) electrons. The van der Waals surface area contributed by atoms with Gasteiger partial charge < -0.3 is 15.8 Å². The molecule has 1 aromatic carbocycles. The van der Waals surface area contributed by atoms with Crippen LogP contribution >= 0.6 is 11.8 Å². The molecule has 18 heavy (non-hydrogen) atoms. The third kappa shape index (κ3) is 2.56. The van der Waals surface area contributed by atoms with Crippen molar-refractivity contribution < 1.29 is 9.53 Å². The van der Waals surface area contributed by atoms with Crippen LogP contribution in [-0.4, -0.2) is 30.1 Å². The number of anilines is 1. The van der Waals surface area contributed by atoms with Gasteiger partial charge in [-0.1, -0.05) is 12.1 Å². The molecule has 0 saturated carbocycles. The van der Waals surface area contributed by atoms with Crippen LogP contribution in [0, 0.1) is 0 Å². The lowest BCUT2D eigenvalue weighted by molar-refractivity contribution is -0.122. The van der Waals surface area contributed by atoms with E-state index in [0.29, 0.717) is 0 Å². The van der Waals surface area contributed by atoms with Gasteiger partial charge in [-0.25, -0.2) is 0 Å². The number of hydrogen-bond donors (Lipinski definition) is 2. The van der Waals surface area contributed by atoms with Crippen molar-refractivity contribution >= 4 is 23.4 Å². The summed E-state index contributed by atoms with van der Waals surface area (Å²) in [4.78, 5) is 11.8. The maximum Gasteiger partial charge on any atom is 0.243 e. The maximum atomic E-state index is 11.8. The molecule has 5 heteroatoms. The van der Waals surface area contributed by atoms with Crippen LogP contribution in [-0.2, 0) is 4.79 Å². The van der Waals surface area contributed by atoms with Crippen LogP contribution in [0.2, 0.25) is 0 Å².